The number of benzene rings is 1. The van der Waals surface area contributed by atoms with E-state index in [1.54, 1.807) is 36.3 Å². The Morgan fingerprint density at radius 1 is 1.04 bits per heavy atom. The van der Waals surface area contributed by atoms with E-state index in [1.165, 1.54) is 19.3 Å². The molecule has 1 atom stereocenters. The lowest BCUT2D eigenvalue weighted by Gasteiger charge is -2.29. The summed E-state index contributed by atoms with van der Waals surface area (Å²) in [6, 6.07) is 6.97. The number of rotatable bonds is 4. The highest BCUT2D eigenvalue weighted by Crippen LogP contribution is 2.24. The second-order valence-electron chi connectivity index (χ2n) is 6.73. The topological polar surface area (TPSA) is 58.6 Å². The van der Waals surface area contributed by atoms with E-state index < -0.39 is 0 Å². The van der Waals surface area contributed by atoms with Crippen molar-refractivity contribution < 1.29 is 14.3 Å². The Morgan fingerprint density at radius 2 is 1.75 bits per heavy atom. The minimum atomic E-state index is -0.345. The van der Waals surface area contributed by atoms with Gasteiger partial charge in [0.2, 0.25) is 0 Å². The maximum absolute atomic E-state index is 12.8. The standard InChI is InChI=1S/C19H26N2O3/c1-24-16-11-9-14(10-12-16)18(22)17-8-5-13-21(17)19(23)20-15-6-3-2-4-7-15/h9-12,15,17H,2-8,13H2,1H3,(H,20,23). The number of amides is 2. The van der Waals surface area contributed by atoms with Gasteiger partial charge in [-0.3, -0.25) is 4.79 Å². The molecule has 1 aromatic rings. The van der Waals surface area contributed by atoms with Crippen molar-refractivity contribution in [2.24, 2.45) is 0 Å². The number of carbonyl (C=O) groups is 2. The molecule has 1 saturated carbocycles. The Bertz CT molecular complexity index is 579. The SMILES string of the molecule is COc1ccc(C(=O)C2CCCN2C(=O)NC2CCCCC2)cc1. The monoisotopic (exact) mass is 330 g/mol. The van der Waals surface area contributed by atoms with Crippen molar-refractivity contribution in [3.8, 4) is 5.75 Å². The fraction of sp³-hybridized carbons (Fsp3) is 0.579. The molecule has 2 fully saturated rings. The maximum Gasteiger partial charge on any atom is 0.318 e. The van der Waals surface area contributed by atoms with Crippen molar-refractivity contribution in [1.29, 1.82) is 0 Å². The van der Waals surface area contributed by atoms with E-state index in [1.807, 2.05) is 0 Å². The number of ketones is 1. The summed E-state index contributed by atoms with van der Waals surface area (Å²) in [6.07, 6.45) is 7.34. The number of hydrogen-bond acceptors (Lipinski definition) is 3. The third-order valence-corrected chi connectivity index (χ3v) is 5.12. The van der Waals surface area contributed by atoms with Crippen molar-refractivity contribution in [3.63, 3.8) is 0 Å². The molecule has 0 bridgehead atoms. The predicted molar refractivity (Wildman–Crippen MR) is 92.5 cm³/mol. The molecule has 2 aliphatic rings. The van der Waals surface area contributed by atoms with Crippen LogP contribution in [-0.4, -0.2) is 42.5 Å². The van der Waals surface area contributed by atoms with Gasteiger partial charge in [0.05, 0.1) is 13.2 Å². The molecule has 3 rings (SSSR count). The number of urea groups is 1. The van der Waals surface area contributed by atoms with Crippen LogP contribution in [0.25, 0.3) is 0 Å². The Morgan fingerprint density at radius 3 is 2.42 bits per heavy atom. The van der Waals surface area contributed by atoms with Crippen molar-refractivity contribution in [1.82, 2.24) is 10.2 Å². The van der Waals surface area contributed by atoms with Gasteiger partial charge in [0.25, 0.3) is 0 Å². The average molecular weight is 330 g/mol. The minimum absolute atomic E-state index is 0.0222. The number of nitrogens with zero attached hydrogens (tertiary/aromatic N) is 1. The van der Waals surface area contributed by atoms with Gasteiger partial charge in [0.15, 0.2) is 5.78 Å². The van der Waals surface area contributed by atoms with Crippen LogP contribution < -0.4 is 10.1 Å². The van der Waals surface area contributed by atoms with Crippen LogP contribution in [0.4, 0.5) is 4.79 Å². The fourth-order valence-corrected chi connectivity index (χ4v) is 3.73. The van der Waals surface area contributed by atoms with E-state index in [-0.39, 0.29) is 23.9 Å². The zero-order valence-electron chi connectivity index (χ0n) is 14.3. The van der Waals surface area contributed by atoms with Gasteiger partial charge in [-0.1, -0.05) is 19.3 Å². The van der Waals surface area contributed by atoms with Gasteiger partial charge < -0.3 is 15.0 Å². The van der Waals surface area contributed by atoms with Crippen molar-refractivity contribution in [2.75, 3.05) is 13.7 Å². The van der Waals surface area contributed by atoms with Crippen LogP contribution in [0.2, 0.25) is 0 Å². The normalized spacial score (nSPS) is 21.5. The Labute approximate surface area is 143 Å². The molecule has 1 aromatic carbocycles. The molecule has 1 unspecified atom stereocenters. The highest BCUT2D eigenvalue weighted by atomic mass is 16.5. The van der Waals surface area contributed by atoms with Gasteiger partial charge in [0, 0.05) is 18.2 Å². The van der Waals surface area contributed by atoms with Crippen LogP contribution in [0.1, 0.15) is 55.3 Å². The summed E-state index contributed by atoms with van der Waals surface area (Å²) in [5, 5.41) is 3.13. The quantitative estimate of drug-likeness (QED) is 0.861. The van der Waals surface area contributed by atoms with E-state index in [0.29, 0.717) is 12.1 Å². The van der Waals surface area contributed by atoms with Gasteiger partial charge in [-0.25, -0.2) is 4.79 Å². The molecule has 1 N–H and O–H groups in total. The fourth-order valence-electron chi connectivity index (χ4n) is 3.73. The molecular weight excluding hydrogens is 304 g/mol. The molecule has 130 valence electrons. The van der Waals surface area contributed by atoms with Crippen LogP contribution in [0.15, 0.2) is 24.3 Å². The van der Waals surface area contributed by atoms with Crippen LogP contribution in [-0.2, 0) is 0 Å². The summed E-state index contributed by atoms with van der Waals surface area (Å²) >= 11 is 0. The molecular formula is C19H26N2O3. The first-order chi connectivity index (χ1) is 11.7. The maximum atomic E-state index is 12.8. The summed E-state index contributed by atoms with van der Waals surface area (Å²) in [7, 11) is 1.60. The zero-order chi connectivity index (χ0) is 16.9. The van der Waals surface area contributed by atoms with Crippen molar-refractivity contribution in [2.45, 2.75) is 57.0 Å². The van der Waals surface area contributed by atoms with Crippen molar-refractivity contribution in [3.05, 3.63) is 29.8 Å². The van der Waals surface area contributed by atoms with Crippen molar-refractivity contribution >= 4 is 11.8 Å². The molecule has 2 amide bonds. The first kappa shape index (κ1) is 16.8. The highest BCUT2D eigenvalue weighted by Gasteiger charge is 2.35. The van der Waals surface area contributed by atoms with E-state index in [4.69, 9.17) is 4.74 Å². The van der Waals surface area contributed by atoms with Gasteiger partial charge in [0.1, 0.15) is 5.75 Å². The second-order valence-corrected chi connectivity index (χ2v) is 6.73. The third kappa shape index (κ3) is 3.71. The lowest BCUT2D eigenvalue weighted by atomic mass is 9.95. The highest BCUT2D eigenvalue weighted by molar-refractivity contribution is 6.02. The van der Waals surface area contributed by atoms with E-state index in [9.17, 15) is 9.59 Å². The lowest BCUT2D eigenvalue weighted by Crippen LogP contribution is -2.49. The van der Waals surface area contributed by atoms with Gasteiger partial charge in [-0.15, -0.1) is 0 Å². The molecule has 1 heterocycles. The summed E-state index contributed by atoms with van der Waals surface area (Å²) in [6.45, 7) is 0.658. The number of likely N-dealkylation sites (tertiary alicyclic amines) is 1. The van der Waals surface area contributed by atoms with Crippen LogP contribution in [0.3, 0.4) is 0 Å². The van der Waals surface area contributed by atoms with Gasteiger partial charge in [-0.05, 0) is 49.9 Å². The summed E-state index contributed by atoms with van der Waals surface area (Å²) in [5.74, 6) is 0.749. The Balaban J connectivity index is 1.65. The number of hydrogen-bond donors (Lipinski definition) is 1. The largest absolute Gasteiger partial charge is 0.497 e. The number of carbonyl (C=O) groups excluding carboxylic acids is 2. The predicted octanol–water partition coefficient (Wildman–Crippen LogP) is 3.38. The molecule has 0 radical (unpaired) electrons. The molecule has 1 aliphatic heterocycles. The molecule has 1 aliphatic carbocycles. The van der Waals surface area contributed by atoms with Gasteiger partial charge >= 0.3 is 6.03 Å². The molecule has 5 nitrogen and oxygen atoms in total. The molecule has 1 saturated heterocycles. The third-order valence-electron chi connectivity index (χ3n) is 5.12. The number of ether oxygens (including phenoxy) is 1. The van der Waals surface area contributed by atoms with Crippen LogP contribution >= 0.6 is 0 Å². The summed E-state index contributed by atoms with van der Waals surface area (Å²) < 4.78 is 5.13. The minimum Gasteiger partial charge on any atom is -0.497 e. The summed E-state index contributed by atoms with van der Waals surface area (Å²) in [5.41, 5.74) is 0.637. The van der Waals surface area contributed by atoms with Gasteiger partial charge in [-0.2, -0.15) is 0 Å². The van der Waals surface area contributed by atoms with E-state index >= 15 is 0 Å². The Hall–Kier alpha value is -2.04. The number of Topliss-reactive ketones (excluding diaryl/α,β-unsaturated/α-hetero) is 1. The summed E-state index contributed by atoms with van der Waals surface area (Å²) in [4.78, 5) is 27.1. The Kier molecular flexibility index (Phi) is 5.38. The molecule has 5 heteroatoms. The lowest BCUT2D eigenvalue weighted by molar-refractivity contribution is 0.0884. The second kappa shape index (κ2) is 7.69. The number of methoxy groups -OCH3 is 1. The van der Waals surface area contributed by atoms with E-state index in [2.05, 4.69) is 5.32 Å². The van der Waals surface area contributed by atoms with Crippen LogP contribution in [0.5, 0.6) is 5.75 Å². The van der Waals surface area contributed by atoms with Crippen LogP contribution in [0, 0.1) is 0 Å². The molecule has 24 heavy (non-hydrogen) atoms. The van der Waals surface area contributed by atoms with E-state index in [0.717, 1.165) is 31.4 Å². The molecule has 0 aromatic heterocycles. The number of nitrogens with one attached hydrogen (secondary N) is 1. The first-order valence-corrected chi connectivity index (χ1v) is 8.94. The molecule has 0 spiro atoms. The first-order valence-electron chi connectivity index (χ1n) is 8.94. The average Bonchev–Trinajstić information content (AvgIpc) is 3.12. The smallest absolute Gasteiger partial charge is 0.318 e. The zero-order valence-corrected chi connectivity index (χ0v) is 14.3.